The molecule has 134 valence electrons. The number of hydrazine groups is 1. The number of anilines is 1. The molecule has 0 aromatic heterocycles. The number of carboxylic acid groups (broad SMARTS) is 2. The van der Waals surface area contributed by atoms with E-state index in [9.17, 15) is 9.59 Å². The Bertz CT molecular complexity index is 685. The number of aliphatic imine (C=N–C) groups is 1. The van der Waals surface area contributed by atoms with Crippen LogP contribution in [-0.4, -0.2) is 59.8 Å². The maximum absolute atomic E-state index is 9.55. The summed E-state index contributed by atoms with van der Waals surface area (Å²) in [7, 11) is 0. The Labute approximate surface area is 144 Å². The first-order valence-corrected chi connectivity index (χ1v) is 7.53. The summed E-state index contributed by atoms with van der Waals surface area (Å²) < 4.78 is 11.2. The highest BCUT2D eigenvalue weighted by molar-refractivity contribution is 5.89. The van der Waals surface area contributed by atoms with Crippen LogP contribution in [0, 0.1) is 6.92 Å². The van der Waals surface area contributed by atoms with Crippen molar-refractivity contribution in [3.63, 3.8) is 0 Å². The van der Waals surface area contributed by atoms with Crippen molar-refractivity contribution >= 4 is 24.0 Å². The summed E-state index contributed by atoms with van der Waals surface area (Å²) in [6, 6.07) is 3.95. The van der Waals surface area contributed by atoms with E-state index in [1.807, 2.05) is 30.4 Å². The van der Waals surface area contributed by atoms with Crippen LogP contribution in [0.3, 0.4) is 0 Å². The third-order valence-electron chi connectivity index (χ3n) is 3.28. The second-order valence-corrected chi connectivity index (χ2v) is 5.10. The van der Waals surface area contributed by atoms with Crippen LogP contribution < -0.4 is 14.9 Å². The minimum Gasteiger partial charge on any atom is -0.486 e. The highest BCUT2D eigenvalue weighted by Gasteiger charge is 2.17. The lowest BCUT2D eigenvalue weighted by atomic mass is 10.1. The van der Waals surface area contributed by atoms with Crippen LogP contribution in [0.1, 0.15) is 5.56 Å². The largest absolute Gasteiger partial charge is 0.486 e. The quantitative estimate of drug-likeness (QED) is 0.692. The number of benzene rings is 1. The van der Waals surface area contributed by atoms with Crippen molar-refractivity contribution in [3.05, 3.63) is 29.8 Å². The van der Waals surface area contributed by atoms with Gasteiger partial charge in [0.15, 0.2) is 11.5 Å². The number of carboxylic acids is 2. The molecular formula is C16H19N3O6. The predicted octanol–water partition coefficient (Wildman–Crippen LogP) is 1.15. The number of nitrogens with zero attached hydrogens (tertiary/aromatic N) is 2. The fourth-order valence-electron chi connectivity index (χ4n) is 2.14. The Hall–Kier alpha value is -3.23. The minimum absolute atomic E-state index is 0.558. The van der Waals surface area contributed by atoms with Crippen LogP contribution in [0.5, 0.6) is 11.5 Å². The first kappa shape index (κ1) is 18.1. The Morgan fingerprint density at radius 2 is 1.88 bits per heavy atom. The van der Waals surface area contributed by atoms with E-state index in [0.29, 0.717) is 25.4 Å². The zero-order valence-electron chi connectivity index (χ0n) is 13.6. The number of carbonyl (C=O) groups is 2. The summed E-state index contributed by atoms with van der Waals surface area (Å²) in [4.78, 5) is 23.3. The van der Waals surface area contributed by atoms with E-state index in [-0.39, 0.29) is 0 Å². The van der Waals surface area contributed by atoms with Gasteiger partial charge in [-0.25, -0.2) is 9.59 Å². The van der Waals surface area contributed by atoms with E-state index in [1.165, 1.54) is 0 Å². The fourth-order valence-corrected chi connectivity index (χ4v) is 2.14. The summed E-state index contributed by atoms with van der Waals surface area (Å²) >= 11 is 0. The van der Waals surface area contributed by atoms with Crippen LogP contribution in [0.25, 0.3) is 0 Å². The van der Waals surface area contributed by atoms with Gasteiger partial charge in [-0.2, -0.15) is 0 Å². The summed E-state index contributed by atoms with van der Waals surface area (Å²) in [5.74, 6) is -0.841. The van der Waals surface area contributed by atoms with Crippen molar-refractivity contribution in [1.29, 1.82) is 0 Å². The lowest BCUT2D eigenvalue weighted by Crippen LogP contribution is -2.27. The highest BCUT2D eigenvalue weighted by atomic mass is 16.6. The van der Waals surface area contributed by atoms with Crippen molar-refractivity contribution < 1.29 is 29.3 Å². The van der Waals surface area contributed by atoms with Gasteiger partial charge < -0.3 is 19.7 Å². The zero-order valence-corrected chi connectivity index (χ0v) is 13.6. The third-order valence-corrected chi connectivity index (χ3v) is 3.28. The average Bonchev–Trinajstić information content (AvgIpc) is 3.09. The summed E-state index contributed by atoms with van der Waals surface area (Å²) in [6.45, 7) is 5.01. The molecular weight excluding hydrogens is 330 g/mol. The van der Waals surface area contributed by atoms with E-state index in [2.05, 4.69) is 10.4 Å². The molecule has 0 amide bonds. The standard InChI is InChI=1S/C12H15N3O2.C4H4O4/c1-9-10(14-15-5-4-13-8-15)2-3-11-12(9)17-7-6-16-11;5-3(6)1-2-4(7)8/h2-3,8,14H,4-7H2,1H3;1-2H,(H,5,6)(H,7,8). The van der Waals surface area contributed by atoms with Crippen LogP contribution in [0.4, 0.5) is 5.69 Å². The van der Waals surface area contributed by atoms with E-state index < -0.39 is 11.9 Å². The molecule has 9 heteroatoms. The molecule has 0 spiro atoms. The van der Waals surface area contributed by atoms with Gasteiger partial charge in [-0.05, 0) is 19.1 Å². The van der Waals surface area contributed by atoms with Gasteiger partial charge in [0, 0.05) is 17.7 Å². The van der Waals surface area contributed by atoms with Gasteiger partial charge in [0.25, 0.3) is 0 Å². The Morgan fingerprint density at radius 3 is 2.48 bits per heavy atom. The normalized spacial score (nSPS) is 14.8. The molecule has 0 atom stereocenters. The summed E-state index contributed by atoms with van der Waals surface area (Å²) in [5.41, 5.74) is 5.41. The van der Waals surface area contributed by atoms with Crippen molar-refractivity contribution in [2.75, 3.05) is 31.7 Å². The number of ether oxygens (including phenoxy) is 2. The molecule has 9 nitrogen and oxygen atoms in total. The van der Waals surface area contributed by atoms with Gasteiger partial charge in [0.2, 0.25) is 0 Å². The average molecular weight is 349 g/mol. The number of aliphatic carboxylic acids is 2. The molecule has 0 unspecified atom stereocenters. The van der Waals surface area contributed by atoms with Crippen molar-refractivity contribution in [2.24, 2.45) is 4.99 Å². The smallest absolute Gasteiger partial charge is 0.328 e. The monoisotopic (exact) mass is 349 g/mol. The molecule has 0 radical (unpaired) electrons. The van der Waals surface area contributed by atoms with Gasteiger partial charge in [0.1, 0.15) is 19.6 Å². The minimum atomic E-state index is -1.26. The second kappa shape index (κ2) is 8.57. The van der Waals surface area contributed by atoms with Crippen LogP contribution in [-0.2, 0) is 9.59 Å². The van der Waals surface area contributed by atoms with E-state index in [0.717, 1.165) is 35.8 Å². The van der Waals surface area contributed by atoms with Crippen molar-refractivity contribution in [3.8, 4) is 11.5 Å². The van der Waals surface area contributed by atoms with Crippen molar-refractivity contribution in [1.82, 2.24) is 5.01 Å². The summed E-state index contributed by atoms with van der Waals surface area (Å²) in [5, 5.41) is 17.6. The molecule has 0 saturated heterocycles. The molecule has 0 bridgehead atoms. The molecule has 0 saturated carbocycles. The molecule has 1 aromatic carbocycles. The van der Waals surface area contributed by atoms with Gasteiger partial charge in [-0.1, -0.05) is 0 Å². The van der Waals surface area contributed by atoms with Gasteiger partial charge >= 0.3 is 11.9 Å². The van der Waals surface area contributed by atoms with Crippen LogP contribution in [0.15, 0.2) is 29.3 Å². The number of hydrogen-bond donors (Lipinski definition) is 3. The molecule has 1 aromatic rings. The lowest BCUT2D eigenvalue weighted by Gasteiger charge is -2.24. The SMILES string of the molecule is Cc1c(NN2C=NCC2)ccc2c1OCCO2.O=C(O)C=CC(=O)O. The maximum Gasteiger partial charge on any atom is 0.328 e. The molecule has 0 aliphatic carbocycles. The molecule has 2 heterocycles. The van der Waals surface area contributed by atoms with E-state index >= 15 is 0 Å². The first-order valence-electron chi connectivity index (χ1n) is 7.53. The third kappa shape index (κ3) is 5.41. The molecule has 2 aliphatic rings. The Balaban J connectivity index is 0.000000242. The zero-order chi connectivity index (χ0) is 18.2. The number of rotatable bonds is 4. The van der Waals surface area contributed by atoms with Crippen LogP contribution in [0.2, 0.25) is 0 Å². The molecule has 0 fully saturated rings. The second-order valence-electron chi connectivity index (χ2n) is 5.10. The molecule has 25 heavy (non-hydrogen) atoms. The molecule has 3 rings (SSSR count). The van der Waals surface area contributed by atoms with E-state index in [4.69, 9.17) is 19.7 Å². The van der Waals surface area contributed by atoms with Gasteiger partial charge in [-0.3, -0.25) is 15.4 Å². The fraction of sp³-hybridized carbons (Fsp3) is 0.312. The molecule has 2 aliphatic heterocycles. The number of hydrogen-bond acceptors (Lipinski definition) is 7. The Kier molecular flexibility index (Phi) is 6.21. The van der Waals surface area contributed by atoms with Gasteiger partial charge in [0.05, 0.1) is 18.8 Å². The van der Waals surface area contributed by atoms with Gasteiger partial charge in [-0.15, -0.1) is 0 Å². The maximum atomic E-state index is 9.55. The van der Waals surface area contributed by atoms with Crippen molar-refractivity contribution in [2.45, 2.75) is 6.92 Å². The number of nitrogens with one attached hydrogen (secondary N) is 1. The van der Waals surface area contributed by atoms with E-state index in [1.54, 1.807) is 0 Å². The molecule has 3 N–H and O–H groups in total. The lowest BCUT2D eigenvalue weighted by molar-refractivity contribution is -0.134. The summed E-state index contributed by atoms with van der Waals surface area (Å²) in [6.07, 6.45) is 2.93. The first-order chi connectivity index (χ1) is 12.0. The number of fused-ring (bicyclic) bond motifs is 1. The predicted molar refractivity (Wildman–Crippen MR) is 90.3 cm³/mol. The highest BCUT2D eigenvalue weighted by Crippen LogP contribution is 2.37. The topological polar surface area (TPSA) is 121 Å². The Morgan fingerprint density at radius 1 is 1.20 bits per heavy atom. The van der Waals surface area contributed by atoms with Crippen LogP contribution >= 0.6 is 0 Å².